The topological polar surface area (TPSA) is 39.1 Å². The van der Waals surface area contributed by atoms with Crippen LogP contribution in [0, 0.1) is 0 Å². The van der Waals surface area contributed by atoms with Crippen molar-refractivity contribution >= 4 is 11.6 Å². The lowest BCUT2D eigenvalue weighted by molar-refractivity contribution is 0.317. The van der Waals surface area contributed by atoms with E-state index in [4.69, 9.17) is 16.3 Å². The van der Waals surface area contributed by atoms with E-state index >= 15 is 0 Å². The van der Waals surface area contributed by atoms with Gasteiger partial charge in [0.25, 0.3) is 0 Å². The summed E-state index contributed by atoms with van der Waals surface area (Å²) in [5.74, 6) is 0.895. The molecule has 114 valence electrons. The second-order valence-electron chi connectivity index (χ2n) is 5.05. The van der Waals surface area contributed by atoms with Crippen molar-refractivity contribution in [1.82, 2.24) is 15.1 Å². The average molecular weight is 308 g/mol. The SMILES string of the molecule is CCCNCc1cc(Cl)ccc1OCCc1cnn(C)c1. The summed E-state index contributed by atoms with van der Waals surface area (Å²) in [6.45, 7) is 4.54. The third kappa shape index (κ3) is 5.06. The number of halogens is 1. The van der Waals surface area contributed by atoms with Gasteiger partial charge in [-0.2, -0.15) is 5.10 Å². The molecule has 2 aromatic rings. The van der Waals surface area contributed by atoms with Gasteiger partial charge >= 0.3 is 0 Å². The normalized spacial score (nSPS) is 10.8. The summed E-state index contributed by atoms with van der Waals surface area (Å²) in [6, 6.07) is 5.77. The summed E-state index contributed by atoms with van der Waals surface area (Å²) < 4.78 is 7.70. The van der Waals surface area contributed by atoms with Gasteiger partial charge in [0.1, 0.15) is 5.75 Å². The summed E-state index contributed by atoms with van der Waals surface area (Å²) in [6.07, 6.45) is 5.83. The highest BCUT2D eigenvalue weighted by atomic mass is 35.5. The number of nitrogens with one attached hydrogen (secondary N) is 1. The second kappa shape index (κ2) is 8.05. The molecule has 0 aliphatic carbocycles. The van der Waals surface area contributed by atoms with Crippen LogP contribution in [0.1, 0.15) is 24.5 Å². The molecular weight excluding hydrogens is 286 g/mol. The molecule has 1 aromatic carbocycles. The average Bonchev–Trinajstić information content (AvgIpc) is 2.87. The van der Waals surface area contributed by atoms with Crippen molar-refractivity contribution in [3.63, 3.8) is 0 Å². The maximum absolute atomic E-state index is 6.07. The fraction of sp³-hybridized carbons (Fsp3) is 0.438. The van der Waals surface area contributed by atoms with Crippen LogP contribution in [-0.4, -0.2) is 22.9 Å². The molecule has 5 heteroatoms. The Hall–Kier alpha value is -1.52. The number of benzene rings is 1. The van der Waals surface area contributed by atoms with Gasteiger partial charge in [0, 0.05) is 36.8 Å². The second-order valence-corrected chi connectivity index (χ2v) is 5.49. The molecular formula is C16H22ClN3O. The Labute approximate surface area is 131 Å². The van der Waals surface area contributed by atoms with Crippen LogP contribution in [-0.2, 0) is 20.0 Å². The minimum atomic E-state index is 0.633. The smallest absolute Gasteiger partial charge is 0.123 e. The van der Waals surface area contributed by atoms with Gasteiger partial charge in [0.05, 0.1) is 12.8 Å². The Morgan fingerprint density at radius 3 is 2.95 bits per heavy atom. The number of hydrogen-bond donors (Lipinski definition) is 1. The first-order valence-electron chi connectivity index (χ1n) is 7.28. The van der Waals surface area contributed by atoms with Crippen molar-refractivity contribution < 1.29 is 4.74 Å². The lowest BCUT2D eigenvalue weighted by atomic mass is 10.2. The Morgan fingerprint density at radius 1 is 1.38 bits per heavy atom. The number of nitrogens with zero attached hydrogens (tertiary/aromatic N) is 2. The zero-order valence-corrected chi connectivity index (χ0v) is 13.4. The molecule has 0 radical (unpaired) electrons. The molecule has 1 heterocycles. The van der Waals surface area contributed by atoms with E-state index in [1.54, 1.807) is 4.68 Å². The molecule has 0 bridgehead atoms. The molecule has 1 N–H and O–H groups in total. The van der Waals surface area contributed by atoms with Crippen LogP contribution in [0.2, 0.25) is 5.02 Å². The Morgan fingerprint density at radius 2 is 2.24 bits per heavy atom. The highest BCUT2D eigenvalue weighted by Gasteiger charge is 2.05. The lowest BCUT2D eigenvalue weighted by Crippen LogP contribution is -2.15. The van der Waals surface area contributed by atoms with Crippen LogP contribution in [0.25, 0.3) is 0 Å². The van der Waals surface area contributed by atoms with Crippen LogP contribution >= 0.6 is 11.6 Å². The molecule has 1 aromatic heterocycles. The highest BCUT2D eigenvalue weighted by molar-refractivity contribution is 6.30. The fourth-order valence-corrected chi connectivity index (χ4v) is 2.30. The zero-order valence-electron chi connectivity index (χ0n) is 12.6. The van der Waals surface area contributed by atoms with Crippen molar-refractivity contribution in [1.29, 1.82) is 0 Å². The molecule has 4 nitrogen and oxygen atoms in total. The molecule has 2 rings (SSSR count). The third-order valence-electron chi connectivity index (χ3n) is 3.17. The van der Waals surface area contributed by atoms with E-state index in [0.29, 0.717) is 6.61 Å². The van der Waals surface area contributed by atoms with E-state index in [2.05, 4.69) is 17.3 Å². The highest BCUT2D eigenvalue weighted by Crippen LogP contribution is 2.23. The van der Waals surface area contributed by atoms with Gasteiger partial charge in [-0.25, -0.2) is 0 Å². The molecule has 0 atom stereocenters. The summed E-state index contributed by atoms with van der Waals surface area (Å²) >= 11 is 6.07. The number of ether oxygens (including phenoxy) is 1. The number of hydrogen-bond acceptors (Lipinski definition) is 3. The van der Waals surface area contributed by atoms with Gasteiger partial charge in [0.2, 0.25) is 0 Å². The predicted molar refractivity (Wildman–Crippen MR) is 85.9 cm³/mol. The Balaban J connectivity index is 1.91. The molecule has 0 saturated carbocycles. The van der Waals surface area contributed by atoms with Crippen molar-refractivity contribution in [3.05, 3.63) is 46.7 Å². The summed E-state index contributed by atoms with van der Waals surface area (Å²) in [5, 5.41) is 8.27. The van der Waals surface area contributed by atoms with Gasteiger partial charge in [-0.05, 0) is 36.7 Å². The van der Waals surface area contributed by atoms with E-state index < -0.39 is 0 Å². The molecule has 0 unspecified atom stereocenters. The molecule has 0 aliphatic heterocycles. The number of rotatable bonds is 8. The molecule has 0 amide bonds. The number of aryl methyl sites for hydroxylation is 1. The molecule has 0 fully saturated rings. The van der Waals surface area contributed by atoms with E-state index in [1.165, 1.54) is 5.56 Å². The minimum absolute atomic E-state index is 0.633. The molecule has 0 spiro atoms. The van der Waals surface area contributed by atoms with Crippen molar-refractivity contribution in [2.24, 2.45) is 7.05 Å². The summed E-state index contributed by atoms with van der Waals surface area (Å²) in [4.78, 5) is 0. The number of aromatic nitrogens is 2. The van der Waals surface area contributed by atoms with Gasteiger partial charge in [-0.3, -0.25) is 4.68 Å². The summed E-state index contributed by atoms with van der Waals surface area (Å²) in [5.41, 5.74) is 2.28. The van der Waals surface area contributed by atoms with E-state index in [0.717, 1.165) is 42.3 Å². The first-order chi connectivity index (χ1) is 10.2. The predicted octanol–water partition coefficient (Wildman–Crippen LogP) is 3.19. The Bertz CT molecular complexity index is 568. The maximum Gasteiger partial charge on any atom is 0.123 e. The van der Waals surface area contributed by atoms with Crippen LogP contribution in [0.5, 0.6) is 5.75 Å². The Kier molecular flexibility index (Phi) is 6.08. The van der Waals surface area contributed by atoms with Crippen LogP contribution in [0.3, 0.4) is 0 Å². The van der Waals surface area contributed by atoms with Crippen molar-refractivity contribution in [3.8, 4) is 5.75 Å². The van der Waals surface area contributed by atoms with Gasteiger partial charge < -0.3 is 10.1 Å². The largest absolute Gasteiger partial charge is 0.493 e. The van der Waals surface area contributed by atoms with Crippen molar-refractivity contribution in [2.45, 2.75) is 26.3 Å². The van der Waals surface area contributed by atoms with Gasteiger partial charge in [0.15, 0.2) is 0 Å². The monoisotopic (exact) mass is 307 g/mol. The van der Waals surface area contributed by atoms with Crippen LogP contribution in [0.4, 0.5) is 0 Å². The lowest BCUT2D eigenvalue weighted by Gasteiger charge is -2.12. The van der Waals surface area contributed by atoms with Gasteiger partial charge in [-0.1, -0.05) is 18.5 Å². The fourth-order valence-electron chi connectivity index (χ4n) is 2.11. The van der Waals surface area contributed by atoms with Crippen LogP contribution < -0.4 is 10.1 Å². The van der Waals surface area contributed by atoms with E-state index in [-0.39, 0.29) is 0 Å². The van der Waals surface area contributed by atoms with Crippen molar-refractivity contribution in [2.75, 3.05) is 13.2 Å². The van der Waals surface area contributed by atoms with E-state index in [1.807, 2.05) is 37.6 Å². The standard InChI is InChI=1S/C16H22ClN3O/c1-3-7-18-11-14-9-15(17)4-5-16(14)21-8-6-13-10-19-20(2)12-13/h4-5,9-10,12,18H,3,6-8,11H2,1-2H3. The van der Waals surface area contributed by atoms with E-state index in [9.17, 15) is 0 Å². The van der Waals surface area contributed by atoms with Crippen LogP contribution in [0.15, 0.2) is 30.6 Å². The molecule has 21 heavy (non-hydrogen) atoms. The minimum Gasteiger partial charge on any atom is -0.493 e. The molecule has 0 aliphatic rings. The first-order valence-corrected chi connectivity index (χ1v) is 7.66. The zero-order chi connectivity index (χ0) is 15.1. The summed E-state index contributed by atoms with van der Waals surface area (Å²) in [7, 11) is 1.92. The van der Waals surface area contributed by atoms with Gasteiger partial charge in [-0.15, -0.1) is 0 Å². The maximum atomic E-state index is 6.07. The molecule has 0 saturated heterocycles. The quantitative estimate of drug-likeness (QED) is 0.761. The third-order valence-corrected chi connectivity index (χ3v) is 3.41. The first kappa shape index (κ1) is 15.9.